The first-order chi connectivity index (χ1) is 7.66. The van der Waals surface area contributed by atoms with Gasteiger partial charge >= 0.3 is 0 Å². The summed E-state index contributed by atoms with van der Waals surface area (Å²) in [7, 11) is 0. The molecule has 0 spiro atoms. The quantitative estimate of drug-likeness (QED) is 0.773. The molecule has 1 heterocycles. The minimum atomic E-state index is -0.118. The predicted molar refractivity (Wildman–Crippen MR) is 61.8 cm³/mol. The Kier molecular flexibility index (Phi) is 3.04. The third kappa shape index (κ3) is 2.30. The van der Waals surface area contributed by atoms with Crippen molar-refractivity contribution in [1.82, 2.24) is 9.55 Å². The number of nitrogens with zero attached hydrogens (tertiary/aromatic N) is 2. The van der Waals surface area contributed by atoms with Crippen LogP contribution in [0.3, 0.4) is 0 Å². The van der Waals surface area contributed by atoms with Crippen molar-refractivity contribution in [3.8, 4) is 0 Å². The van der Waals surface area contributed by atoms with Gasteiger partial charge in [0.05, 0.1) is 6.33 Å². The molecule has 0 amide bonds. The first-order valence-electron chi connectivity index (χ1n) is 5.41. The van der Waals surface area contributed by atoms with E-state index in [1.54, 1.807) is 18.6 Å². The molecule has 0 unspecified atom stereocenters. The fraction of sp³-hybridized carbons (Fsp3) is 0.308. The van der Waals surface area contributed by atoms with Crippen LogP contribution >= 0.6 is 0 Å². The summed E-state index contributed by atoms with van der Waals surface area (Å²) < 4.78 is 15.6. The number of hydrogen-bond acceptors (Lipinski definition) is 1. The van der Waals surface area contributed by atoms with Crippen molar-refractivity contribution in [2.45, 2.75) is 26.3 Å². The van der Waals surface area contributed by atoms with Crippen LogP contribution in [0.2, 0.25) is 0 Å². The maximum Gasteiger partial charge on any atom is 0.126 e. The molecule has 0 saturated heterocycles. The van der Waals surface area contributed by atoms with E-state index in [-0.39, 0.29) is 11.7 Å². The van der Waals surface area contributed by atoms with Crippen molar-refractivity contribution in [2.75, 3.05) is 0 Å². The highest BCUT2D eigenvalue weighted by molar-refractivity contribution is 5.26. The molecule has 0 atom stereocenters. The zero-order valence-electron chi connectivity index (χ0n) is 9.52. The predicted octanol–water partition coefficient (Wildman–Crippen LogP) is 3.19. The van der Waals surface area contributed by atoms with Crippen molar-refractivity contribution in [1.29, 1.82) is 0 Å². The summed E-state index contributed by atoms with van der Waals surface area (Å²) in [5, 5.41) is 0. The summed E-state index contributed by atoms with van der Waals surface area (Å²) in [6.07, 6.45) is 5.32. The summed E-state index contributed by atoms with van der Waals surface area (Å²) in [5.74, 6) is 0.106. The molecule has 0 bridgehead atoms. The van der Waals surface area contributed by atoms with Crippen LogP contribution in [0.1, 0.15) is 30.9 Å². The van der Waals surface area contributed by atoms with Crippen molar-refractivity contribution >= 4 is 0 Å². The summed E-state index contributed by atoms with van der Waals surface area (Å²) >= 11 is 0. The molecule has 84 valence electrons. The lowest BCUT2D eigenvalue weighted by atomic mass is 10.0. The highest BCUT2D eigenvalue weighted by Gasteiger charge is 2.07. The summed E-state index contributed by atoms with van der Waals surface area (Å²) in [5.41, 5.74) is 1.73. The molecule has 1 aromatic heterocycles. The van der Waals surface area contributed by atoms with Gasteiger partial charge in [0.25, 0.3) is 0 Å². The Morgan fingerprint density at radius 3 is 2.75 bits per heavy atom. The molecular weight excluding hydrogens is 203 g/mol. The van der Waals surface area contributed by atoms with E-state index in [1.165, 1.54) is 0 Å². The molecule has 0 saturated carbocycles. The number of rotatable bonds is 3. The van der Waals surface area contributed by atoms with E-state index in [0.717, 1.165) is 11.1 Å². The summed E-state index contributed by atoms with van der Waals surface area (Å²) in [6.45, 7) is 4.65. The molecule has 0 N–H and O–H groups in total. The lowest BCUT2D eigenvalue weighted by molar-refractivity contribution is 0.594. The maximum atomic E-state index is 13.7. The molecule has 0 fully saturated rings. The second-order valence-corrected chi connectivity index (χ2v) is 4.25. The fourth-order valence-corrected chi connectivity index (χ4v) is 1.73. The Bertz CT molecular complexity index is 461. The van der Waals surface area contributed by atoms with Gasteiger partial charge in [0, 0.05) is 18.9 Å². The minimum Gasteiger partial charge on any atom is -0.333 e. The van der Waals surface area contributed by atoms with E-state index in [0.29, 0.717) is 6.54 Å². The van der Waals surface area contributed by atoms with Crippen LogP contribution in [0.25, 0.3) is 0 Å². The average molecular weight is 218 g/mol. The molecule has 0 aliphatic heterocycles. The van der Waals surface area contributed by atoms with Gasteiger partial charge in [-0.2, -0.15) is 0 Å². The normalized spacial score (nSPS) is 11.0. The summed E-state index contributed by atoms with van der Waals surface area (Å²) in [4.78, 5) is 3.96. The van der Waals surface area contributed by atoms with Gasteiger partial charge in [-0.1, -0.05) is 26.0 Å². The molecule has 16 heavy (non-hydrogen) atoms. The number of imidazole rings is 1. The van der Waals surface area contributed by atoms with Gasteiger partial charge in [-0.15, -0.1) is 0 Å². The monoisotopic (exact) mass is 218 g/mol. The van der Waals surface area contributed by atoms with Gasteiger partial charge in [-0.3, -0.25) is 0 Å². The van der Waals surface area contributed by atoms with Crippen molar-refractivity contribution < 1.29 is 4.39 Å². The molecule has 0 aliphatic carbocycles. The van der Waals surface area contributed by atoms with Crippen LogP contribution in [0, 0.1) is 5.82 Å². The van der Waals surface area contributed by atoms with Crippen LogP contribution in [-0.2, 0) is 6.54 Å². The molecule has 1 aromatic carbocycles. The van der Waals surface area contributed by atoms with Crippen LogP contribution < -0.4 is 0 Å². The number of aromatic nitrogens is 2. The van der Waals surface area contributed by atoms with E-state index < -0.39 is 0 Å². The second-order valence-electron chi connectivity index (χ2n) is 4.25. The van der Waals surface area contributed by atoms with Crippen LogP contribution in [0.4, 0.5) is 4.39 Å². The third-order valence-corrected chi connectivity index (χ3v) is 2.61. The Hall–Kier alpha value is -1.64. The first kappa shape index (κ1) is 10.9. The maximum absolute atomic E-state index is 13.7. The fourth-order valence-electron chi connectivity index (χ4n) is 1.73. The van der Waals surface area contributed by atoms with E-state index >= 15 is 0 Å². The standard InChI is InChI=1S/C13H15FN2/c1-10(2)12-4-3-11(7-13(12)14)8-16-6-5-15-9-16/h3-7,9-10H,8H2,1-2H3. The first-order valence-corrected chi connectivity index (χ1v) is 5.41. The Balaban J connectivity index is 2.21. The van der Waals surface area contributed by atoms with Gasteiger partial charge in [0.2, 0.25) is 0 Å². The van der Waals surface area contributed by atoms with Crippen LogP contribution in [0.15, 0.2) is 36.9 Å². The van der Waals surface area contributed by atoms with Gasteiger partial charge < -0.3 is 4.57 Å². The SMILES string of the molecule is CC(C)c1ccc(Cn2ccnc2)cc1F. The molecule has 3 heteroatoms. The zero-order valence-corrected chi connectivity index (χ0v) is 9.52. The van der Waals surface area contributed by atoms with Gasteiger partial charge in [0.1, 0.15) is 5.82 Å². The lowest BCUT2D eigenvalue weighted by Crippen LogP contribution is -1.99. The van der Waals surface area contributed by atoms with Crippen molar-refractivity contribution in [2.24, 2.45) is 0 Å². The van der Waals surface area contributed by atoms with E-state index in [9.17, 15) is 4.39 Å². The van der Waals surface area contributed by atoms with Crippen LogP contribution in [0.5, 0.6) is 0 Å². The lowest BCUT2D eigenvalue weighted by Gasteiger charge is -2.09. The topological polar surface area (TPSA) is 17.8 Å². The molecule has 2 aromatic rings. The smallest absolute Gasteiger partial charge is 0.126 e. The van der Waals surface area contributed by atoms with Gasteiger partial charge in [-0.05, 0) is 23.1 Å². The average Bonchev–Trinajstić information content (AvgIpc) is 2.70. The third-order valence-electron chi connectivity index (χ3n) is 2.61. The largest absolute Gasteiger partial charge is 0.333 e. The molecule has 2 nitrogen and oxygen atoms in total. The molecule has 0 radical (unpaired) electrons. The van der Waals surface area contributed by atoms with E-state index in [2.05, 4.69) is 4.98 Å². The number of hydrogen-bond donors (Lipinski definition) is 0. The molecule has 0 aliphatic rings. The summed E-state index contributed by atoms with van der Waals surface area (Å²) in [6, 6.07) is 5.44. The van der Waals surface area contributed by atoms with Gasteiger partial charge in [-0.25, -0.2) is 9.37 Å². The zero-order chi connectivity index (χ0) is 11.5. The molecule has 2 rings (SSSR count). The minimum absolute atomic E-state index is 0.118. The van der Waals surface area contributed by atoms with Crippen molar-refractivity contribution in [3.63, 3.8) is 0 Å². The molecular formula is C13H15FN2. The number of benzene rings is 1. The highest BCUT2D eigenvalue weighted by Crippen LogP contribution is 2.19. The van der Waals surface area contributed by atoms with Crippen molar-refractivity contribution in [3.05, 3.63) is 53.9 Å². The Morgan fingerprint density at radius 2 is 2.19 bits per heavy atom. The van der Waals surface area contributed by atoms with Gasteiger partial charge in [0.15, 0.2) is 0 Å². The number of halogens is 1. The van der Waals surface area contributed by atoms with Crippen LogP contribution in [-0.4, -0.2) is 9.55 Å². The van der Waals surface area contributed by atoms with E-state index in [4.69, 9.17) is 0 Å². The second kappa shape index (κ2) is 4.47. The van der Waals surface area contributed by atoms with E-state index in [1.807, 2.05) is 36.7 Å². The Labute approximate surface area is 94.8 Å². The highest BCUT2D eigenvalue weighted by atomic mass is 19.1. The Morgan fingerprint density at radius 1 is 1.38 bits per heavy atom.